The number of hydrogen-bond donors (Lipinski definition) is 1. The summed E-state index contributed by atoms with van der Waals surface area (Å²) in [6.45, 7) is 2.77. The van der Waals surface area contributed by atoms with E-state index in [1.165, 1.54) is 12.8 Å². The van der Waals surface area contributed by atoms with Gasteiger partial charge in [0.1, 0.15) is 0 Å². The highest BCUT2D eigenvalue weighted by Crippen LogP contribution is 2.42. The molecule has 2 bridgehead atoms. The molecule has 0 aromatic carbocycles. The molecule has 0 amide bonds. The third-order valence-corrected chi connectivity index (χ3v) is 5.09. The summed E-state index contributed by atoms with van der Waals surface area (Å²) in [5.74, 6) is -0.521. The van der Waals surface area contributed by atoms with Crippen LogP contribution in [0.3, 0.4) is 0 Å². The van der Waals surface area contributed by atoms with Crippen molar-refractivity contribution in [3.63, 3.8) is 0 Å². The number of aromatic nitrogens is 1. The van der Waals surface area contributed by atoms with Gasteiger partial charge in [0.25, 0.3) is 0 Å². The molecule has 0 aliphatic carbocycles. The zero-order valence-electron chi connectivity index (χ0n) is 11.9. The minimum atomic E-state index is -0.646. The molecule has 1 aromatic rings. The molecule has 1 aromatic heterocycles. The van der Waals surface area contributed by atoms with Crippen LogP contribution in [0.5, 0.6) is 0 Å². The Kier molecular flexibility index (Phi) is 3.74. The minimum Gasteiger partial charge on any atom is -0.481 e. The van der Waals surface area contributed by atoms with Crippen LogP contribution in [0, 0.1) is 11.8 Å². The molecule has 4 heteroatoms. The highest BCUT2D eigenvalue weighted by atomic mass is 16.4. The summed E-state index contributed by atoms with van der Waals surface area (Å²) >= 11 is 0. The predicted molar refractivity (Wildman–Crippen MR) is 76.1 cm³/mol. The first-order valence-electron chi connectivity index (χ1n) is 7.53. The van der Waals surface area contributed by atoms with Crippen LogP contribution < -0.4 is 0 Å². The van der Waals surface area contributed by atoms with Gasteiger partial charge in [-0.15, -0.1) is 0 Å². The van der Waals surface area contributed by atoms with Crippen molar-refractivity contribution in [3.05, 3.63) is 30.1 Å². The lowest BCUT2D eigenvalue weighted by Crippen LogP contribution is -2.44. The zero-order valence-corrected chi connectivity index (χ0v) is 11.9. The Morgan fingerprint density at radius 2 is 2.10 bits per heavy atom. The predicted octanol–water partition coefficient (Wildman–Crippen LogP) is 2.55. The van der Waals surface area contributed by atoms with Crippen LogP contribution in [-0.2, 0) is 11.3 Å². The summed E-state index contributed by atoms with van der Waals surface area (Å²) in [7, 11) is 0. The molecule has 3 atom stereocenters. The van der Waals surface area contributed by atoms with E-state index in [1.807, 2.05) is 25.3 Å². The fourth-order valence-corrected chi connectivity index (χ4v) is 3.86. The average molecular weight is 274 g/mol. The first kappa shape index (κ1) is 13.6. The van der Waals surface area contributed by atoms with Crippen molar-refractivity contribution in [1.29, 1.82) is 0 Å². The van der Waals surface area contributed by atoms with Gasteiger partial charge >= 0.3 is 5.97 Å². The first-order valence-corrected chi connectivity index (χ1v) is 7.53. The van der Waals surface area contributed by atoms with Gasteiger partial charge in [-0.3, -0.25) is 14.7 Å². The highest BCUT2D eigenvalue weighted by molar-refractivity contribution is 5.69. The van der Waals surface area contributed by atoms with E-state index in [0.717, 1.165) is 25.1 Å². The molecule has 0 spiro atoms. The minimum absolute atomic E-state index is 0.213. The van der Waals surface area contributed by atoms with Gasteiger partial charge in [0.2, 0.25) is 0 Å². The van der Waals surface area contributed by atoms with Gasteiger partial charge in [0, 0.05) is 24.8 Å². The van der Waals surface area contributed by atoms with Crippen molar-refractivity contribution < 1.29 is 9.90 Å². The third kappa shape index (κ3) is 2.57. The van der Waals surface area contributed by atoms with Crippen molar-refractivity contribution in [2.75, 3.05) is 0 Å². The molecule has 1 N–H and O–H groups in total. The Morgan fingerprint density at radius 1 is 1.40 bits per heavy atom. The molecular weight excluding hydrogens is 252 g/mol. The number of pyridine rings is 1. The molecule has 3 unspecified atom stereocenters. The summed E-state index contributed by atoms with van der Waals surface area (Å²) < 4.78 is 0. The zero-order chi connectivity index (χ0) is 14.1. The SMILES string of the molecule is CC(C(=O)O)C1CC2CCC(C1)N2Cc1ccccn1. The van der Waals surface area contributed by atoms with Gasteiger partial charge in [-0.1, -0.05) is 13.0 Å². The van der Waals surface area contributed by atoms with Gasteiger partial charge in [-0.25, -0.2) is 0 Å². The number of fused-ring (bicyclic) bond motifs is 2. The number of carboxylic acids is 1. The Labute approximate surface area is 119 Å². The summed E-state index contributed by atoms with van der Waals surface area (Å²) in [5, 5.41) is 9.20. The number of nitrogens with zero attached hydrogens (tertiary/aromatic N) is 2. The maximum absolute atomic E-state index is 11.2. The van der Waals surface area contributed by atoms with Crippen LogP contribution in [0.2, 0.25) is 0 Å². The number of carbonyl (C=O) groups is 1. The Balaban J connectivity index is 1.68. The smallest absolute Gasteiger partial charge is 0.306 e. The van der Waals surface area contributed by atoms with Crippen molar-refractivity contribution in [3.8, 4) is 0 Å². The fraction of sp³-hybridized carbons (Fsp3) is 0.625. The number of hydrogen-bond acceptors (Lipinski definition) is 3. The fourth-order valence-electron chi connectivity index (χ4n) is 3.86. The topological polar surface area (TPSA) is 53.4 Å². The molecule has 2 aliphatic heterocycles. The molecule has 2 fully saturated rings. The van der Waals surface area contributed by atoms with Crippen LogP contribution in [0.1, 0.15) is 38.3 Å². The van der Waals surface area contributed by atoms with E-state index in [0.29, 0.717) is 18.0 Å². The lowest BCUT2D eigenvalue weighted by molar-refractivity contribution is -0.144. The van der Waals surface area contributed by atoms with Crippen LogP contribution in [0.4, 0.5) is 0 Å². The molecular formula is C16H22N2O2. The number of carboxylic acid groups (broad SMARTS) is 1. The number of aliphatic carboxylic acids is 1. The van der Waals surface area contributed by atoms with Gasteiger partial charge in [0.15, 0.2) is 0 Å². The second-order valence-electron chi connectivity index (χ2n) is 6.24. The Bertz CT molecular complexity index is 463. The molecule has 2 aliphatic rings. The van der Waals surface area contributed by atoms with E-state index in [1.54, 1.807) is 0 Å². The van der Waals surface area contributed by atoms with Crippen LogP contribution in [0.15, 0.2) is 24.4 Å². The van der Waals surface area contributed by atoms with Gasteiger partial charge in [-0.05, 0) is 43.7 Å². The van der Waals surface area contributed by atoms with Crippen LogP contribution in [0.25, 0.3) is 0 Å². The Hall–Kier alpha value is -1.42. The highest BCUT2D eigenvalue weighted by Gasteiger charge is 2.43. The molecule has 4 nitrogen and oxygen atoms in total. The van der Waals surface area contributed by atoms with E-state index in [2.05, 4.69) is 16.0 Å². The van der Waals surface area contributed by atoms with E-state index in [4.69, 9.17) is 0 Å². The first-order chi connectivity index (χ1) is 9.65. The molecule has 3 heterocycles. The van der Waals surface area contributed by atoms with Crippen molar-refractivity contribution >= 4 is 5.97 Å². The summed E-state index contributed by atoms with van der Waals surface area (Å²) in [5.41, 5.74) is 1.12. The number of piperidine rings is 1. The molecule has 0 radical (unpaired) electrons. The number of rotatable bonds is 4. The second kappa shape index (κ2) is 5.52. The molecule has 2 saturated heterocycles. The Morgan fingerprint density at radius 3 is 2.65 bits per heavy atom. The summed E-state index contributed by atoms with van der Waals surface area (Å²) in [6, 6.07) is 7.14. The summed E-state index contributed by atoms with van der Waals surface area (Å²) in [6.07, 6.45) is 6.31. The summed E-state index contributed by atoms with van der Waals surface area (Å²) in [4.78, 5) is 18.1. The quantitative estimate of drug-likeness (QED) is 0.916. The monoisotopic (exact) mass is 274 g/mol. The van der Waals surface area contributed by atoms with E-state index < -0.39 is 5.97 Å². The molecule has 3 rings (SSSR count). The average Bonchev–Trinajstić information content (AvgIpc) is 2.70. The van der Waals surface area contributed by atoms with Gasteiger partial charge in [-0.2, -0.15) is 0 Å². The van der Waals surface area contributed by atoms with Crippen LogP contribution in [-0.4, -0.2) is 33.0 Å². The normalized spacial score (nSPS) is 31.1. The van der Waals surface area contributed by atoms with E-state index in [9.17, 15) is 9.90 Å². The largest absolute Gasteiger partial charge is 0.481 e. The maximum atomic E-state index is 11.2. The third-order valence-electron chi connectivity index (χ3n) is 5.09. The second-order valence-corrected chi connectivity index (χ2v) is 6.24. The van der Waals surface area contributed by atoms with Gasteiger partial charge in [0.05, 0.1) is 11.6 Å². The molecule has 20 heavy (non-hydrogen) atoms. The van der Waals surface area contributed by atoms with Crippen molar-refractivity contribution in [2.45, 2.75) is 51.2 Å². The lowest BCUT2D eigenvalue weighted by Gasteiger charge is -2.40. The van der Waals surface area contributed by atoms with E-state index >= 15 is 0 Å². The molecule has 108 valence electrons. The maximum Gasteiger partial charge on any atom is 0.306 e. The molecule has 0 saturated carbocycles. The van der Waals surface area contributed by atoms with E-state index in [-0.39, 0.29) is 5.92 Å². The standard InChI is InChI=1S/C16H22N2O2/c1-11(16(19)20)12-8-14-5-6-15(9-12)18(14)10-13-4-2-3-7-17-13/h2-4,7,11-12,14-15H,5-6,8-10H2,1H3,(H,19,20). The van der Waals surface area contributed by atoms with Crippen LogP contribution >= 0.6 is 0 Å². The van der Waals surface area contributed by atoms with Gasteiger partial charge < -0.3 is 5.11 Å². The lowest BCUT2D eigenvalue weighted by atomic mass is 9.81. The van der Waals surface area contributed by atoms with Crippen molar-refractivity contribution in [2.24, 2.45) is 11.8 Å². The van der Waals surface area contributed by atoms with Crippen molar-refractivity contribution in [1.82, 2.24) is 9.88 Å².